The Kier molecular flexibility index (Phi) is 4.11. The SMILES string of the molecule is COCCNC(=S)N1CC(=O)Nc2ccccc21. The molecule has 1 heterocycles. The molecular weight excluding hydrogens is 250 g/mol. The average molecular weight is 265 g/mol. The number of benzene rings is 1. The summed E-state index contributed by atoms with van der Waals surface area (Å²) in [7, 11) is 1.63. The van der Waals surface area contributed by atoms with Crippen LogP contribution in [0.5, 0.6) is 0 Å². The number of methoxy groups -OCH3 is 1. The Labute approximate surface area is 111 Å². The van der Waals surface area contributed by atoms with Crippen molar-refractivity contribution >= 4 is 34.6 Å². The largest absolute Gasteiger partial charge is 0.383 e. The van der Waals surface area contributed by atoms with Crippen LogP contribution >= 0.6 is 12.2 Å². The molecule has 5 nitrogen and oxygen atoms in total. The highest BCUT2D eigenvalue weighted by atomic mass is 32.1. The molecule has 0 unspecified atom stereocenters. The zero-order valence-electron chi connectivity index (χ0n) is 10.1. The lowest BCUT2D eigenvalue weighted by Crippen LogP contribution is -2.47. The first-order valence-corrected chi connectivity index (χ1v) is 6.06. The Balaban J connectivity index is 2.13. The lowest BCUT2D eigenvalue weighted by Gasteiger charge is -2.31. The third-order valence-electron chi connectivity index (χ3n) is 2.60. The van der Waals surface area contributed by atoms with E-state index in [0.717, 1.165) is 11.4 Å². The summed E-state index contributed by atoms with van der Waals surface area (Å²) in [5.74, 6) is -0.0652. The molecule has 0 bridgehead atoms. The number of para-hydroxylation sites is 2. The second kappa shape index (κ2) is 5.79. The van der Waals surface area contributed by atoms with Gasteiger partial charge >= 0.3 is 0 Å². The Morgan fingerprint density at radius 3 is 3.11 bits per heavy atom. The number of rotatable bonds is 3. The van der Waals surface area contributed by atoms with Crippen LogP contribution in [-0.2, 0) is 9.53 Å². The summed E-state index contributed by atoms with van der Waals surface area (Å²) in [6, 6.07) is 7.58. The number of carbonyl (C=O) groups excluding carboxylic acids is 1. The van der Waals surface area contributed by atoms with Crippen molar-refractivity contribution in [3.05, 3.63) is 24.3 Å². The average Bonchev–Trinajstić information content (AvgIpc) is 2.38. The van der Waals surface area contributed by atoms with Crippen LogP contribution in [-0.4, -0.2) is 37.8 Å². The third kappa shape index (κ3) is 2.77. The predicted octanol–water partition coefficient (Wildman–Crippen LogP) is 0.966. The number of nitrogens with zero attached hydrogens (tertiary/aromatic N) is 1. The molecule has 1 aromatic rings. The lowest BCUT2D eigenvalue weighted by atomic mass is 10.2. The maximum atomic E-state index is 11.6. The molecular formula is C12H15N3O2S. The van der Waals surface area contributed by atoms with E-state index < -0.39 is 0 Å². The standard InChI is InChI=1S/C12H15N3O2S/c1-17-7-6-13-12(18)15-8-11(16)14-9-4-2-3-5-10(9)15/h2-5H,6-8H2,1H3,(H,13,18)(H,14,16). The van der Waals surface area contributed by atoms with Gasteiger partial charge in [0.15, 0.2) is 5.11 Å². The van der Waals surface area contributed by atoms with Gasteiger partial charge in [0, 0.05) is 13.7 Å². The van der Waals surface area contributed by atoms with Crippen LogP contribution in [0.25, 0.3) is 0 Å². The molecule has 1 amide bonds. The molecule has 0 aromatic heterocycles. The molecule has 0 saturated carbocycles. The van der Waals surface area contributed by atoms with Gasteiger partial charge < -0.3 is 20.3 Å². The molecule has 0 fully saturated rings. The smallest absolute Gasteiger partial charge is 0.244 e. The number of ether oxygens (including phenoxy) is 1. The van der Waals surface area contributed by atoms with Crippen LogP contribution in [0.15, 0.2) is 24.3 Å². The van der Waals surface area contributed by atoms with Crippen LogP contribution < -0.4 is 15.5 Å². The van der Waals surface area contributed by atoms with E-state index in [1.54, 1.807) is 12.0 Å². The molecule has 6 heteroatoms. The summed E-state index contributed by atoms with van der Waals surface area (Å²) in [6.07, 6.45) is 0. The third-order valence-corrected chi connectivity index (χ3v) is 2.96. The van der Waals surface area contributed by atoms with E-state index in [0.29, 0.717) is 18.3 Å². The van der Waals surface area contributed by atoms with Gasteiger partial charge in [0.25, 0.3) is 0 Å². The van der Waals surface area contributed by atoms with Gasteiger partial charge in [-0.15, -0.1) is 0 Å². The van der Waals surface area contributed by atoms with Gasteiger partial charge in [-0.3, -0.25) is 4.79 Å². The van der Waals surface area contributed by atoms with Crippen molar-refractivity contribution in [2.75, 3.05) is 37.0 Å². The van der Waals surface area contributed by atoms with Crippen molar-refractivity contribution in [2.45, 2.75) is 0 Å². The molecule has 0 atom stereocenters. The number of hydrogen-bond acceptors (Lipinski definition) is 3. The molecule has 1 aromatic carbocycles. The maximum absolute atomic E-state index is 11.6. The van der Waals surface area contributed by atoms with Crippen LogP contribution in [0.4, 0.5) is 11.4 Å². The zero-order chi connectivity index (χ0) is 13.0. The predicted molar refractivity (Wildman–Crippen MR) is 74.9 cm³/mol. The van der Waals surface area contributed by atoms with E-state index in [2.05, 4.69) is 10.6 Å². The zero-order valence-corrected chi connectivity index (χ0v) is 10.9. The fourth-order valence-electron chi connectivity index (χ4n) is 1.77. The number of hydrogen-bond donors (Lipinski definition) is 2. The van der Waals surface area contributed by atoms with E-state index in [4.69, 9.17) is 17.0 Å². The Hall–Kier alpha value is -1.66. The monoisotopic (exact) mass is 265 g/mol. The highest BCUT2D eigenvalue weighted by Gasteiger charge is 2.23. The van der Waals surface area contributed by atoms with Crippen LogP contribution in [0.2, 0.25) is 0 Å². The number of nitrogens with one attached hydrogen (secondary N) is 2. The topological polar surface area (TPSA) is 53.6 Å². The van der Waals surface area contributed by atoms with Gasteiger partial charge in [-0.1, -0.05) is 12.1 Å². The molecule has 2 rings (SSSR count). The number of amides is 1. The van der Waals surface area contributed by atoms with Crippen LogP contribution in [0.3, 0.4) is 0 Å². The summed E-state index contributed by atoms with van der Waals surface area (Å²) < 4.78 is 4.95. The molecule has 1 aliphatic rings. The Morgan fingerprint density at radius 1 is 1.56 bits per heavy atom. The lowest BCUT2D eigenvalue weighted by molar-refractivity contribution is -0.115. The van der Waals surface area contributed by atoms with Crippen molar-refractivity contribution in [1.82, 2.24) is 5.32 Å². The first kappa shape index (κ1) is 12.8. The normalized spacial score (nSPS) is 13.8. The fourth-order valence-corrected chi connectivity index (χ4v) is 2.03. The number of fused-ring (bicyclic) bond motifs is 1. The minimum absolute atomic E-state index is 0.0652. The molecule has 1 aliphatic heterocycles. The first-order chi connectivity index (χ1) is 8.72. The molecule has 96 valence electrons. The Morgan fingerprint density at radius 2 is 2.33 bits per heavy atom. The van der Waals surface area contributed by atoms with E-state index >= 15 is 0 Å². The minimum atomic E-state index is -0.0652. The van der Waals surface area contributed by atoms with Crippen molar-refractivity contribution in [1.29, 1.82) is 0 Å². The van der Waals surface area contributed by atoms with Gasteiger partial charge in [0.05, 0.1) is 18.0 Å². The minimum Gasteiger partial charge on any atom is -0.383 e. The van der Waals surface area contributed by atoms with E-state index in [-0.39, 0.29) is 12.5 Å². The van der Waals surface area contributed by atoms with Gasteiger partial charge in [-0.2, -0.15) is 0 Å². The second-order valence-electron chi connectivity index (χ2n) is 3.88. The van der Waals surface area contributed by atoms with Crippen molar-refractivity contribution < 1.29 is 9.53 Å². The maximum Gasteiger partial charge on any atom is 0.244 e. The van der Waals surface area contributed by atoms with Gasteiger partial charge in [-0.05, 0) is 24.4 Å². The number of anilines is 2. The van der Waals surface area contributed by atoms with Gasteiger partial charge in [0.1, 0.15) is 6.54 Å². The number of carbonyl (C=O) groups is 1. The highest BCUT2D eigenvalue weighted by Crippen LogP contribution is 2.28. The summed E-state index contributed by atoms with van der Waals surface area (Å²) in [5.41, 5.74) is 1.69. The molecule has 0 aliphatic carbocycles. The van der Waals surface area contributed by atoms with Crippen LogP contribution in [0.1, 0.15) is 0 Å². The van der Waals surface area contributed by atoms with E-state index in [1.165, 1.54) is 0 Å². The van der Waals surface area contributed by atoms with Crippen molar-refractivity contribution in [2.24, 2.45) is 0 Å². The first-order valence-electron chi connectivity index (χ1n) is 5.65. The van der Waals surface area contributed by atoms with Crippen molar-refractivity contribution in [3.63, 3.8) is 0 Å². The molecule has 2 N–H and O–H groups in total. The number of thiocarbonyl (C=S) groups is 1. The summed E-state index contributed by atoms with van der Waals surface area (Å²) >= 11 is 5.30. The Bertz CT molecular complexity index is 464. The fraction of sp³-hybridized carbons (Fsp3) is 0.333. The summed E-state index contributed by atoms with van der Waals surface area (Å²) in [5, 5.41) is 6.42. The molecule has 0 saturated heterocycles. The van der Waals surface area contributed by atoms with Crippen LogP contribution in [0, 0.1) is 0 Å². The molecule has 0 spiro atoms. The summed E-state index contributed by atoms with van der Waals surface area (Å²) in [6.45, 7) is 1.42. The quantitative estimate of drug-likeness (QED) is 0.630. The van der Waals surface area contributed by atoms with E-state index in [1.807, 2.05) is 24.3 Å². The van der Waals surface area contributed by atoms with Gasteiger partial charge in [-0.25, -0.2) is 0 Å². The second-order valence-corrected chi connectivity index (χ2v) is 4.26. The highest BCUT2D eigenvalue weighted by molar-refractivity contribution is 7.80. The van der Waals surface area contributed by atoms with Gasteiger partial charge in [0.2, 0.25) is 5.91 Å². The van der Waals surface area contributed by atoms with E-state index in [9.17, 15) is 4.79 Å². The molecule has 0 radical (unpaired) electrons. The summed E-state index contributed by atoms with van der Waals surface area (Å²) in [4.78, 5) is 13.4. The molecule has 18 heavy (non-hydrogen) atoms. The van der Waals surface area contributed by atoms with Crippen molar-refractivity contribution in [3.8, 4) is 0 Å².